The number of aliphatic hydroxyl groups excluding tert-OH is 1. The molecule has 38 heavy (non-hydrogen) atoms. The van der Waals surface area contributed by atoms with Gasteiger partial charge < -0.3 is 9.84 Å². The van der Waals surface area contributed by atoms with E-state index in [9.17, 15) is 24.8 Å². The fourth-order valence-electron chi connectivity index (χ4n) is 4.84. The highest BCUT2D eigenvalue weighted by molar-refractivity contribution is 7.22. The summed E-state index contributed by atoms with van der Waals surface area (Å²) in [4.78, 5) is 43.3. The summed E-state index contributed by atoms with van der Waals surface area (Å²) in [6, 6.07) is 14.7. The van der Waals surface area contributed by atoms with Gasteiger partial charge in [-0.15, -0.1) is 0 Å². The average molecular weight is 548 g/mol. The zero-order valence-corrected chi connectivity index (χ0v) is 21.3. The summed E-state index contributed by atoms with van der Waals surface area (Å²) in [5.74, 6) is -1.39. The van der Waals surface area contributed by atoms with Crippen LogP contribution in [0.5, 0.6) is 5.75 Å². The molecule has 9 nitrogen and oxygen atoms in total. The summed E-state index contributed by atoms with van der Waals surface area (Å²) in [6.45, 7) is 1.94. The lowest BCUT2D eigenvalue weighted by molar-refractivity contribution is -0.384. The van der Waals surface area contributed by atoms with Crippen LogP contribution >= 0.6 is 22.9 Å². The van der Waals surface area contributed by atoms with E-state index in [2.05, 4.69) is 4.98 Å². The number of rotatable bonds is 4. The summed E-state index contributed by atoms with van der Waals surface area (Å²) >= 11 is 7.30. The van der Waals surface area contributed by atoms with Crippen LogP contribution in [-0.4, -0.2) is 32.8 Å². The van der Waals surface area contributed by atoms with E-state index < -0.39 is 22.7 Å². The van der Waals surface area contributed by atoms with Gasteiger partial charge >= 0.3 is 5.91 Å². The number of fused-ring (bicyclic) bond motifs is 2. The predicted octanol–water partition coefficient (Wildman–Crippen LogP) is 5.81. The van der Waals surface area contributed by atoms with E-state index in [1.807, 2.05) is 6.92 Å². The van der Waals surface area contributed by atoms with E-state index in [0.29, 0.717) is 38.5 Å². The Hall–Kier alpha value is -4.28. The van der Waals surface area contributed by atoms with Crippen LogP contribution in [-0.2, 0) is 16.0 Å². The van der Waals surface area contributed by atoms with Gasteiger partial charge in [0, 0.05) is 29.1 Å². The third-order valence-electron chi connectivity index (χ3n) is 6.58. The van der Waals surface area contributed by atoms with Gasteiger partial charge in [-0.05, 0) is 66.6 Å². The van der Waals surface area contributed by atoms with Gasteiger partial charge in [-0.1, -0.05) is 22.9 Å². The Labute approximate surface area is 224 Å². The Kier molecular flexibility index (Phi) is 5.66. The van der Waals surface area contributed by atoms with Crippen molar-refractivity contribution in [1.82, 2.24) is 4.98 Å². The molecule has 4 aromatic rings. The van der Waals surface area contributed by atoms with Gasteiger partial charge in [-0.25, -0.2) is 4.98 Å². The van der Waals surface area contributed by atoms with Gasteiger partial charge in [0.15, 0.2) is 5.13 Å². The molecule has 0 bridgehead atoms. The highest BCUT2D eigenvalue weighted by atomic mass is 35.5. The number of thiazole rings is 1. The first kappa shape index (κ1) is 24.1. The molecule has 1 fully saturated rings. The molecule has 0 unspecified atom stereocenters. The van der Waals surface area contributed by atoms with Crippen molar-refractivity contribution in [3.63, 3.8) is 0 Å². The van der Waals surface area contributed by atoms with E-state index in [-0.39, 0.29) is 28.3 Å². The molecule has 1 amide bonds. The van der Waals surface area contributed by atoms with E-state index in [4.69, 9.17) is 16.3 Å². The molecule has 11 heteroatoms. The third-order valence-corrected chi connectivity index (χ3v) is 7.83. The van der Waals surface area contributed by atoms with Crippen molar-refractivity contribution in [2.24, 2.45) is 0 Å². The lowest BCUT2D eigenvalue weighted by Crippen LogP contribution is -2.29. The first-order chi connectivity index (χ1) is 18.2. The van der Waals surface area contributed by atoms with Crippen molar-refractivity contribution in [3.8, 4) is 5.75 Å². The summed E-state index contributed by atoms with van der Waals surface area (Å²) in [6.07, 6.45) is 0.630. The first-order valence-corrected chi connectivity index (χ1v) is 12.8. The number of hydrogen-bond donors (Lipinski definition) is 1. The zero-order chi connectivity index (χ0) is 26.7. The van der Waals surface area contributed by atoms with E-state index in [0.717, 1.165) is 5.56 Å². The molecule has 1 saturated heterocycles. The summed E-state index contributed by atoms with van der Waals surface area (Å²) in [5.41, 5.74) is 1.97. The van der Waals surface area contributed by atoms with Crippen LogP contribution in [0.15, 0.2) is 66.2 Å². The number of carbonyl (C=O) groups excluding carboxylic acids is 2. The van der Waals surface area contributed by atoms with Gasteiger partial charge in [-0.3, -0.25) is 24.6 Å². The Morgan fingerprint density at radius 2 is 1.92 bits per heavy atom. The number of amides is 1. The molecule has 0 aliphatic carbocycles. The predicted molar refractivity (Wildman–Crippen MR) is 143 cm³/mol. The highest BCUT2D eigenvalue weighted by Gasteiger charge is 2.48. The minimum Gasteiger partial charge on any atom is -0.507 e. The van der Waals surface area contributed by atoms with Crippen LogP contribution in [0.3, 0.4) is 0 Å². The highest BCUT2D eigenvalue weighted by Crippen LogP contribution is 2.45. The number of nitro benzene ring substituents is 1. The monoisotopic (exact) mass is 547 g/mol. The Morgan fingerprint density at radius 1 is 1.16 bits per heavy atom. The number of ether oxygens (including phenoxy) is 1. The van der Waals surface area contributed by atoms with Gasteiger partial charge in [0.25, 0.3) is 11.5 Å². The van der Waals surface area contributed by atoms with Crippen molar-refractivity contribution in [2.75, 3.05) is 4.90 Å². The molecule has 3 heterocycles. The maximum Gasteiger partial charge on any atom is 0.301 e. The smallest absolute Gasteiger partial charge is 0.301 e. The zero-order valence-electron chi connectivity index (χ0n) is 19.8. The summed E-state index contributed by atoms with van der Waals surface area (Å²) in [7, 11) is 0. The molecule has 1 N–H and O–H groups in total. The number of non-ortho nitro benzene ring substituents is 1. The number of nitro groups is 1. The van der Waals surface area contributed by atoms with Crippen LogP contribution in [0.2, 0.25) is 5.02 Å². The Bertz CT molecular complexity index is 1700. The number of anilines is 1. The topological polar surface area (TPSA) is 123 Å². The van der Waals surface area contributed by atoms with Crippen LogP contribution in [0, 0.1) is 10.1 Å². The molecule has 6 rings (SSSR count). The van der Waals surface area contributed by atoms with Crippen LogP contribution < -0.4 is 9.64 Å². The quantitative estimate of drug-likeness (QED) is 0.112. The van der Waals surface area contributed by atoms with Crippen molar-refractivity contribution in [2.45, 2.75) is 25.5 Å². The summed E-state index contributed by atoms with van der Waals surface area (Å²) in [5, 5.41) is 23.4. The van der Waals surface area contributed by atoms with Gasteiger partial charge in [-0.2, -0.15) is 0 Å². The molecule has 2 aliphatic rings. The number of benzene rings is 3. The van der Waals surface area contributed by atoms with E-state index in [1.165, 1.54) is 40.5 Å². The van der Waals surface area contributed by atoms with Crippen molar-refractivity contribution < 1.29 is 24.4 Å². The largest absolute Gasteiger partial charge is 0.507 e. The number of Topliss-reactive ketones (excluding diaryl/α,β-unsaturated/α-hetero) is 1. The minimum absolute atomic E-state index is 0.0133. The first-order valence-electron chi connectivity index (χ1n) is 11.6. The number of carbonyl (C=O) groups is 2. The molecule has 0 spiro atoms. The summed E-state index contributed by atoms with van der Waals surface area (Å²) < 4.78 is 6.45. The Balaban J connectivity index is 1.53. The van der Waals surface area contributed by atoms with Crippen LogP contribution in [0.4, 0.5) is 10.8 Å². The second-order valence-corrected chi connectivity index (χ2v) is 10.5. The average Bonchev–Trinajstić information content (AvgIpc) is 3.55. The molecule has 0 radical (unpaired) electrons. The maximum absolute atomic E-state index is 13.4. The molecule has 2 aliphatic heterocycles. The third kappa shape index (κ3) is 3.89. The van der Waals surface area contributed by atoms with Crippen molar-refractivity contribution in [1.29, 1.82) is 0 Å². The maximum atomic E-state index is 13.4. The number of nitrogens with zero attached hydrogens (tertiary/aromatic N) is 3. The molecule has 2 atom stereocenters. The molecular formula is C27H18ClN3O6S. The molecule has 1 aromatic heterocycles. The Morgan fingerprint density at radius 3 is 2.66 bits per heavy atom. The van der Waals surface area contributed by atoms with E-state index in [1.54, 1.807) is 36.4 Å². The van der Waals surface area contributed by atoms with Gasteiger partial charge in [0.1, 0.15) is 17.6 Å². The normalized spacial score (nSPS) is 20.1. The fourth-order valence-corrected chi connectivity index (χ4v) is 6.11. The molecule has 0 saturated carbocycles. The van der Waals surface area contributed by atoms with Gasteiger partial charge in [0.05, 0.1) is 26.8 Å². The minimum atomic E-state index is -1.06. The number of aromatic nitrogens is 1. The SMILES string of the molecule is C[C@@H]1Cc2cc(C(O)=C3C(=O)C(=O)N(c4nc5ccc(Cl)cc5s4)[C@H]3c3ccc([N+](=O)[O-])cc3)ccc2O1. The van der Waals surface area contributed by atoms with E-state index >= 15 is 0 Å². The standard InChI is InChI=1S/C27H18ClN3O6S/c1-13-10-16-11-15(4-9-20(16)37-13)24(32)22-23(14-2-6-18(7-3-14)31(35)36)30(26(34)25(22)33)27-29-19-8-5-17(28)12-21(19)38-27/h2-9,11-13,23,32H,10H2,1H3/t13-,23+/m1/s1. The van der Waals surface area contributed by atoms with Crippen molar-refractivity contribution in [3.05, 3.63) is 98.1 Å². The fraction of sp³-hybridized carbons (Fsp3) is 0.148. The lowest BCUT2D eigenvalue weighted by Gasteiger charge is -2.23. The number of aliphatic hydroxyl groups is 1. The molecule has 3 aromatic carbocycles. The van der Waals surface area contributed by atoms with Crippen LogP contribution in [0.1, 0.15) is 29.7 Å². The molecular weight excluding hydrogens is 530 g/mol. The second-order valence-electron chi connectivity index (χ2n) is 9.08. The van der Waals surface area contributed by atoms with Crippen LogP contribution in [0.25, 0.3) is 16.0 Å². The van der Waals surface area contributed by atoms with Crippen molar-refractivity contribution >= 4 is 61.4 Å². The lowest BCUT2D eigenvalue weighted by atomic mass is 9.94. The number of ketones is 1. The number of halogens is 1. The molecule has 190 valence electrons. The number of hydrogen-bond acceptors (Lipinski definition) is 8. The second kappa shape index (κ2) is 8.93. The van der Waals surface area contributed by atoms with Gasteiger partial charge in [0.2, 0.25) is 0 Å².